The van der Waals surface area contributed by atoms with Gasteiger partial charge in [-0.05, 0) is 49.4 Å². The number of H-pyrrole nitrogens is 1. The number of urea groups is 1. The highest BCUT2D eigenvalue weighted by molar-refractivity contribution is 5.87. The van der Waals surface area contributed by atoms with Gasteiger partial charge >= 0.3 is 17.9 Å². The lowest BCUT2D eigenvalue weighted by molar-refractivity contribution is -0.162. The molecule has 214 valence electrons. The molecule has 0 unspecified atom stereocenters. The van der Waals surface area contributed by atoms with Crippen LogP contribution in [0.1, 0.15) is 54.1 Å². The monoisotopic (exact) mass is 574 g/mol. The summed E-state index contributed by atoms with van der Waals surface area (Å²) in [4.78, 5) is 46.6. The average molecular weight is 575 g/mol. The zero-order chi connectivity index (χ0) is 35.8. The zero-order valence-electron chi connectivity index (χ0n) is 28.5. The minimum Gasteiger partial charge on any atom is -0.331 e. The van der Waals surface area contributed by atoms with Crippen molar-refractivity contribution in [2.24, 2.45) is 0 Å². The van der Waals surface area contributed by atoms with Gasteiger partial charge < -0.3 is 15.1 Å². The Balaban J connectivity index is 1.54. The minimum absolute atomic E-state index is 0.0826. The average Bonchev–Trinajstić information content (AvgIpc) is 3.34. The number of amides is 3. The predicted octanol–water partition coefficient (Wildman–Crippen LogP) is 3.69. The highest BCUT2D eigenvalue weighted by Gasteiger charge is 2.40. The summed E-state index contributed by atoms with van der Waals surface area (Å²) in [5.41, 5.74) is -1.32. The number of pyridine rings is 1. The number of aromatic nitrogens is 3. The van der Waals surface area contributed by atoms with Crippen LogP contribution < -0.4 is 11.0 Å². The highest BCUT2D eigenvalue weighted by atomic mass is 19.4. The first-order chi connectivity index (χ1) is 22.0. The Hall–Kier alpha value is -3.97. The van der Waals surface area contributed by atoms with E-state index in [1.165, 1.54) is 10.8 Å². The zero-order valence-corrected chi connectivity index (χ0v) is 20.5. The molecule has 3 amide bonds. The van der Waals surface area contributed by atoms with Gasteiger partial charge in [0.2, 0.25) is 5.91 Å². The van der Waals surface area contributed by atoms with Gasteiger partial charge in [0.1, 0.15) is 12.6 Å². The lowest BCUT2D eigenvalue weighted by Gasteiger charge is -2.34. The highest BCUT2D eigenvalue weighted by Crippen LogP contribution is 2.32. The molecule has 0 saturated carbocycles. The molecule has 2 atom stereocenters. The number of nitrogens with one attached hydrogen (secondary N) is 2. The van der Waals surface area contributed by atoms with Crippen LogP contribution in [0.3, 0.4) is 0 Å². The van der Waals surface area contributed by atoms with Crippen molar-refractivity contribution < 1.29 is 42.5 Å². The van der Waals surface area contributed by atoms with Crippen molar-refractivity contribution in [3.8, 4) is 0 Å². The second kappa shape index (κ2) is 10.9. The minimum atomic E-state index is -5.50. The van der Waals surface area contributed by atoms with Crippen molar-refractivity contribution in [2.45, 2.75) is 49.7 Å². The summed E-state index contributed by atoms with van der Waals surface area (Å²) >= 11 is 0. The Morgan fingerprint density at radius 3 is 2.62 bits per heavy atom. The number of aromatic amines is 1. The maximum absolute atomic E-state index is 15.1. The van der Waals surface area contributed by atoms with Crippen LogP contribution in [0.5, 0.6) is 0 Å². The quantitative estimate of drug-likeness (QED) is 0.464. The second-order valence-electron chi connectivity index (χ2n) is 9.04. The van der Waals surface area contributed by atoms with Crippen molar-refractivity contribution in [2.75, 3.05) is 26.1 Å². The predicted molar refractivity (Wildman–Crippen MR) is 133 cm³/mol. The van der Waals surface area contributed by atoms with E-state index in [9.17, 15) is 31.9 Å². The first kappa shape index (κ1) is 19.2. The fourth-order valence-electron chi connectivity index (χ4n) is 4.56. The Labute approximate surface area is 236 Å². The molecule has 2 aromatic heterocycles. The maximum Gasteiger partial charge on any atom is 0.406 e. The fraction of sp³-hybridized carbons (Fsp3) is 0.462. The summed E-state index contributed by atoms with van der Waals surface area (Å²) < 4.78 is 141. The van der Waals surface area contributed by atoms with E-state index in [-0.39, 0.29) is 25.9 Å². The van der Waals surface area contributed by atoms with Crippen LogP contribution in [0.2, 0.25) is 0 Å². The van der Waals surface area contributed by atoms with Gasteiger partial charge in [-0.3, -0.25) is 14.3 Å². The van der Waals surface area contributed by atoms with Gasteiger partial charge in [-0.25, -0.2) is 23.4 Å². The Morgan fingerprint density at radius 2 is 1.90 bits per heavy atom. The SMILES string of the molecule is [2H]C1([2H])N(CC(F)(F)F)C(=O)[C@]([2H])(NC(=O)N2CCC(n3c(=O)[nH]c4ncccc43)CC2)C([2H])([2H])C([2H])([2H])[C@@]1([2H])c1cccc(F)c1F. The number of alkyl halides is 3. The van der Waals surface area contributed by atoms with E-state index in [0.29, 0.717) is 29.4 Å². The number of imidazole rings is 1. The molecule has 5 rings (SSSR count). The Kier molecular flexibility index (Phi) is 5.22. The lowest BCUT2D eigenvalue weighted by atomic mass is 9.93. The van der Waals surface area contributed by atoms with E-state index >= 15 is 4.39 Å². The fourth-order valence-corrected chi connectivity index (χ4v) is 4.56. The first-order valence-electron chi connectivity index (χ1n) is 16.0. The van der Waals surface area contributed by atoms with Crippen LogP contribution in [0, 0.1) is 11.6 Å². The number of likely N-dealkylation sites (tertiary alicyclic amines) is 2. The molecule has 14 heteroatoms. The summed E-state index contributed by atoms with van der Waals surface area (Å²) in [6, 6.07) is -1.22. The van der Waals surface area contributed by atoms with Gasteiger partial charge in [0.15, 0.2) is 17.3 Å². The molecule has 9 nitrogen and oxygen atoms in total. The number of piperidine rings is 1. The maximum atomic E-state index is 15.1. The third-order valence-corrected chi connectivity index (χ3v) is 6.42. The summed E-state index contributed by atoms with van der Waals surface area (Å²) in [6.07, 6.45) is -12.5. The molecular formula is C26H27F5N6O3. The third kappa shape index (κ3) is 5.65. The van der Waals surface area contributed by atoms with Gasteiger partial charge in [0.05, 0.1) is 9.63 Å². The topological polar surface area (TPSA) is 103 Å². The summed E-state index contributed by atoms with van der Waals surface area (Å²) in [5, 5.41) is 1.64. The molecule has 40 heavy (non-hydrogen) atoms. The number of carbonyl (C=O) groups excluding carboxylic acids is 2. The van der Waals surface area contributed by atoms with Gasteiger partial charge in [-0.1, -0.05) is 12.1 Å². The van der Waals surface area contributed by atoms with Gasteiger partial charge in [0, 0.05) is 44.6 Å². The number of carbonyl (C=O) groups is 2. The molecule has 0 bridgehead atoms. The number of rotatable bonds is 4. The van der Waals surface area contributed by atoms with E-state index in [4.69, 9.17) is 11.0 Å². The van der Waals surface area contributed by atoms with Crippen LogP contribution >= 0.6 is 0 Å². The summed E-state index contributed by atoms with van der Waals surface area (Å²) in [7, 11) is 0. The molecule has 0 spiro atoms. The van der Waals surface area contributed by atoms with Crippen LogP contribution in [-0.2, 0) is 4.79 Å². The van der Waals surface area contributed by atoms with Crippen LogP contribution in [0.4, 0.5) is 26.7 Å². The Bertz CT molecular complexity index is 1830. The number of nitrogens with zero attached hydrogens (tertiary/aromatic N) is 4. The normalized spacial score (nSPS) is 31.5. The number of halogens is 5. The van der Waals surface area contributed by atoms with E-state index in [1.54, 1.807) is 17.4 Å². The largest absolute Gasteiger partial charge is 0.406 e. The van der Waals surface area contributed by atoms with E-state index < -0.39 is 89.6 Å². The molecule has 1 aromatic carbocycles. The van der Waals surface area contributed by atoms with Crippen molar-refractivity contribution in [1.29, 1.82) is 0 Å². The van der Waals surface area contributed by atoms with Crippen LogP contribution in [0.15, 0.2) is 41.3 Å². The van der Waals surface area contributed by atoms with Crippen molar-refractivity contribution in [1.82, 2.24) is 29.7 Å². The number of benzene rings is 1. The molecule has 0 aliphatic carbocycles. The van der Waals surface area contributed by atoms with Gasteiger partial charge in [-0.2, -0.15) is 13.2 Å². The van der Waals surface area contributed by atoms with Crippen LogP contribution in [-0.4, -0.2) is 74.6 Å². The van der Waals surface area contributed by atoms with E-state index in [2.05, 4.69) is 9.97 Å². The Morgan fingerprint density at radius 1 is 1.15 bits per heavy atom. The smallest absolute Gasteiger partial charge is 0.331 e. The van der Waals surface area contributed by atoms with E-state index in [0.717, 1.165) is 4.90 Å². The molecule has 2 saturated heterocycles. The number of hydrogen-bond donors (Lipinski definition) is 2. The van der Waals surface area contributed by atoms with E-state index in [1.807, 2.05) is 0 Å². The molecule has 2 N–H and O–H groups in total. The van der Waals surface area contributed by atoms with Crippen molar-refractivity contribution in [3.05, 3.63) is 64.2 Å². The molecular weight excluding hydrogens is 539 g/mol. The van der Waals surface area contributed by atoms with Crippen molar-refractivity contribution >= 4 is 23.1 Å². The standard InChI is InChI=1S/C26H27F5N6O3/c27-18-4-1-3-17(21(18)28)15-6-7-19(23(38)36(13-15)14-26(29,30)31)33-24(39)35-11-8-16(9-12-35)37-20-5-2-10-32-22(20)34-25(37)40/h1-5,10,15-16,19H,6-9,11-14H2,(H,33,39)(H,32,34,40)/t15-,19-/m1/s1/i6D2,7D2,13D2,15D,19D. The number of fused-ring (bicyclic) bond motifs is 1. The molecule has 2 aliphatic rings. The molecule has 2 aliphatic heterocycles. The summed E-state index contributed by atoms with van der Waals surface area (Å²) in [6.45, 7) is -7.36. The van der Waals surface area contributed by atoms with Gasteiger partial charge in [0.25, 0.3) is 0 Å². The lowest BCUT2D eigenvalue weighted by Crippen LogP contribution is -2.54. The van der Waals surface area contributed by atoms with Crippen LogP contribution in [0.25, 0.3) is 11.2 Å². The first-order valence-corrected chi connectivity index (χ1v) is 12.0. The molecule has 2 fully saturated rings. The van der Waals surface area contributed by atoms with Gasteiger partial charge in [-0.15, -0.1) is 0 Å². The third-order valence-electron chi connectivity index (χ3n) is 6.42. The molecule has 4 heterocycles. The second-order valence-corrected chi connectivity index (χ2v) is 9.04. The summed E-state index contributed by atoms with van der Waals surface area (Å²) in [5.74, 6) is -10.5. The van der Waals surface area contributed by atoms with Crippen molar-refractivity contribution in [3.63, 3.8) is 0 Å². The molecule has 3 aromatic rings. The number of hydrogen-bond acceptors (Lipinski definition) is 4. The molecule has 0 radical (unpaired) electrons.